The van der Waals surface area contributed by atoms with E-state index in [1.54, 1.807) is 11.1 Å². The van der Waals surface area contributed by atoms with Crippen LogP contribution in [0.2, 0.25) is 0 Å². The highest BCUT2D eigenvalue weighted by molar-refractivity contribution is 5.94. The summed E-state index contributed by atoms with van der Waals surface area (Å²) in [6.07, 6.45) is 1.73. The third-order valence-electron chi connectivity index (χ3n) is 5.17. The third kappa shape index (κ3) is 3.57. The second-order valence-corrected chi connectivity index (χ2v) is 7.03. The molecule has 0 unspecified atom stereocenters. The summed E-state index contributed by atoms with van der Waals surface area (Å²) in [5.41, 5.74) is 3.08. The number of benzene rings is 1. The molecule has 150 valence electrons. The van der Waals surface area contributed by atoms with Gasteiger partial charge in [0, 0.05) is 37.9 Å². The monoisotopic (exact) mass is 397 g/mol. The molecule has 1 aromatic carbocycles. The second-order valence-electron chi connectivity index (χ2n) is 7.03. The number of amides is 1. The van der Waals surface area contributed by atoms with Gasteiger partial charge in [-0.1, -0.05) is 6.07 Å². The molecular weight excluding hydrogens is 376 g/mol. The van der Waals surface area contributed by atoms with Crippen molar-refractivity contribution in [3.8, 4) is 5.82 Å². The van der Waals surface area contributed by atoms with Crippen LogP contribution >= 0.6 is 0 Å². The Balaban J connectivity index is 1.49. The van der Waals surface area contributed by atoms with E-state index in [1.165, 1.54) is 6.07 Å². The number of pyridine rings is 1. The van der Waals surface area contributed by atoms with Crippen LogP contribution in [0.4, 0.5) is 14.5 Å². The van der Waals surface area contributed by atoms with Crippen molar-refractivity contribution in [2.75, 3.05) is 31.1 Å². The number of piperazine rings is 1. The van der Waals surface area contributed by atoms with E-state index < -0.39 is 11.6 Å². The molecule has 6 nitrogen and oxygen atoms in total. The number of aryl methyl sites for hydroxylation is 1. The fourth-order valence-electron chi connectivity index (χ4n) is 3.74. The lowest BCUT2D eigenvalue weighted by molar-refractivity contribution is 0.0746. The average Bonchev–Trinajstić information content (AvgIpc) is 3.04. The van der Waals surface area contributed by atoms with E-state index in [2.05, 4.69) is 15.0 Å². The van der Waals surface area contributed by atoms with Crippen LogP contribution in [0.1, 0.15) is 21.7 Å². The molecule has 3 aromatic rings. The van der Waals surface area contributed by atoms with Crippen molar-refractivity contribution in [1.82, 2.24) is 19.7 Å². The van der Waals surface area contributed by atoms with Gasteiger partial charge in [-0.2, -0.15) is 5.10 Å². The van der Waals surface area contributed by atoms with Crippen LogP contribution in [0.3, 0.4) is 0 Å². The Morgan fingerprint density at radius 2 is 1.76 bits per heavy atom. The van der Waals surface area contributed by atoms with Gasteiger partial charge in [0.1, 0.15) is 0 Å². The fourth-order valence-corrected chi connectivity index (χ4v) is 3.74. The van der Waals surface area contributed by atoms with Crippen LogP contribution in [-0.4, -0.2) is 51.8 Å². The van der Waals surface area contributed by atoms with Crippen molar-refractivity contribution >= 4 is 11.6 Å². The number of hydrogen-bond acceptors (Lipinski definition) is 4. The molecule has 4 rings (SSSR count). The first-order valence-electron chi connectivity index (χ1n) is 9.42. The van der Waals surface area contributed by atoms with Crippen molar-refractivity contribution in [3.05, 3.63) is 71.2 Å². The van der Waals surface area contributed by atoms with Gasteiger partial charge in [-0.15, -0.1) is 0 Å². The van der Waals surface area contributed by atoms with Crippen LogP contribution in [0.25, 0.3) is 5.82 Å². The molecule has 0 atom stereocenters. The highest BCUT2D eigenvalue weighted by Crippen LogP contribution is 2.27. The van der Waals surface area contributed by atoms with Crippen molar-refractivity contribution in [1.29, 1.82) is 0 Å². The maximum Gasteiger partial charge on any atom is 0.254 e. The van der Waals surface area contributed by atoms with Crippen LogP contribution < -0.4 is 4.90 Å². The van der Waals surface area contributed by atoms with Crippen molar-refractivity contribution in [2.24, 2.45) is 0 Å². The Morgan fingerprint density at radius 1 is 1.00 bits per heavy atom. The third-order valence-corrected chi connectivity index (χ3v) is 5.17. The normalized spacial score (nSPS) is 14.3. The standard InChI is InChI=1S/C21H21F2N5O/c1-14-20(15(2)28(25-14)19-5-3-4-8-24-19)26-9-11-27(12-10-26)21(29)16-6-7-17(22)18(23)13-16/h3-8,13H,9-12H2,1-2H3. The van der Waals surface area contributed by atoms with Crippen LogP contribution in [0.15, 0.2) is 42.6 Å². The zero-order valence-corrected chi connectivity index (χ0v) is 16.3. The molecule has 3 heterocycles. The molecule has 1 saturated heterocycles. The van der Waals surface area contributed by atoms with Gasteiger partial charge in [0.15, 0.2) is 17.5 Å². The molecule has 0 N–H and O–H groups in total. The van der Waals surface area contributed by atoms with Crippen LogP contribution in [0.5, 0.6) is 0 Å². The number of rotatable bonds is 3. The lowest BCUT2D eigenvalue weighted by Crippen LogP contribution is -2.49. The Kier molecular flexibility index (Phi) is 5.00. The maximum atomic E-state index is 13.5. The summed E-state index contributed by atoms with van der Waals surface area (Å²) in [5.74, 6) is -1.50. The molecule has 8 heteroatoms. The zero-order chi connectivity index (χ0) is 20.5. The molecule has 2 aromatic heterocycles. The second kappa shape index (κ2) is 7.62. The van der Waals surface area contributed by atoms with Crippen molar-refractivity contribution < 1.29 is 13.6 Å². The molecule has 1 amide bonds. The number of halogens is 2. The summed E-state index contributed by atoms with van der Waals surface area (Å²) >= 11 is 0. The lowest BCUT2D eigenvalue weighted by Gasteiger charge is -2.36. The number of carbonyl (C=O) groups is 1. The molecule has 0 radical (unpaired) electrons. The first-order chi connectivity index (χ1) is 14.0. The summed E-state index contributed by atoms with van der Waals surface area (Å²) in [6, 6.07) is 8.94. The van der Waals surface area contributed by atoms with E-state index in [1.807, 2.05) is 36.7 Å². The Bertz CT molecular complexity index is 1040. The lowest BCUT2D eigenvalue weighted by atomic mass is 10.1. The molecule has 29 heavy (non-hydrogen) atoms. The van der Waals surface area contributed by atoms with E-state index >= 15 is 0 Å². The SMILES string of the molecule is Cc1nn(-c2ccccn2)c(C)c1N1CCN(C(=O)c2ccc(F)c(F)c2)CC1. The number of aromatic nitrogens is 3. The molecular formula is C21H21F2N5O. The van der Waals surface area contributed by atoms with Crippen molar-refractivity contribution in [3.63, 3.8) is 0 Å². The fraction of sp³-hybridized carbons (Fsp3) is 0.286. The highest BCUT2D eigenvalue weighted by atomic mass is 19.2. The molecule has 0 spiro atoms. The van der Waals surface area contributed by atoms with Gasteiger partial charge in [0.25, 0.3) is 5.91 Å². The minimum atomic E-state index is -1.01. The quantitative estimate of drug-likeness (QED) is 0.682. The minimum absolute atomic E-state index is 0.160. The molecule has 0 bridgehead atoms. The first-order valence-corrected chi connectivity index (χ1v) is 9.42. The van der Waals surface area contributed by atoms with Crippen LogP contribution in [-0.2, 0) is 0 Å². The van der Waals surface area contributed by atoms with Gasteiger partial charge >= 0.3 is 0 Å². The Hall–Kier alpha value is -3.29. The molecule has 0 aliphatic carbocycles. The van der Waals surface area contributed by atoms with E-state index in [0.717, 1.165) is 35.0 Å². The number of hydrogen-bond donors (Lipinski definition) is 0. The van der Waals surface area contributed by atoms with E-state index in [0.29, 0.717) is 26.2 Å². The zero-order valence-electron chi connectivity index (χ0n) is 16.3. The highest BCUT2D eigenvalue weighted by Gasteiger charge is 2.26. The summed E-state index contributed by atoms with van der Waals surface area (Å²) in [4.78, 5) is 20.9. The largest absolute Gasteiger partial charge is 0.365 e. The molecule has 1 fully saturated rings. The average molecular weight is 397 g/mol. The van der Waals surface area contributed by atoms with Gasteiger partial charge in [-0.25, -0.2) is 18.4 Å². The number of carbonyl (C=O) groups excluding carboxylic acids is 1. The van der Waals surface area contributed by atoms with E-state index in [9.17, 15) is 13.6 Å². The predicted octanol–water partition coefficient (Wildman–Crippen LogP) is 3.12. The Labute approximate surface area is 167 Å². The smallest absolute Gasteiger partial charge is 0.254 e. The van der Waals surface area contributed by atoms with E-state index in [4.69, 9.17) is 0 Å². The van der Waals surface area contributed by atoms with Crippen LogP contribution in [0, 0.1) is 25.5 Å². The summed E-state index contributed by atoms with van der Waals surface area (Å²) in [7, 11) is 0. The minimum Gasteiger partial charge on any atom is -0.365 e. The molecule has 1 aliphatic rings. The maximum absolute atomic E-state index is 13.5. The molecule has 1 aliphatic heterocycles. The molecule has 0 saturated carbocycles. The summed E-state index contributed by atoms with van der Waals surface area (Å²) in [6.45, 7) is 6.20. The Morgan fingerprint density at radius 3 is 2.41 bits per heavy atom. The first kappa shape index (κ1) is 19.0. The summed E-state index contributed by atoms with van der Waals surface area (Å²) < 4.78 is 28.4. The van der Waals surface area contributed by atoms with Gasteiger partial charge in [-0.3, -0.25) is 4.79 Å². The number of nitrogens with zero attached hydrogens (tertiary/aromatic N) is 5. The van der Waals surface area contributed by atoms with E-state index in [-0.39, 0.29) is 11.5 Å². The van der Waals surface area contributed by atoms with Gasteiger partial charge in [0.05, 0.1) is 17.1 Å². The van der Waals surface area contributed by atoms with Gasteiger partial charge < -0.3 is 9.80 Å². The topological polar surface area (TPSA) is 54.3 Å². The van der Waals surface area contributed by atoms with Crippen molar-refractivity contribution in [2.45, 2.75) is 13.8 Å². The number of anilines is 1. The predicted molar refractivity (Wildman–Crippen MR) is 105 cm³/mol. The van der Waals surface area contributed by atoms with Gasteiger partial charge in [-0.05, 0) is 44.2 Å². The summed E-state index contributed by atoms with van der Waals surface area (Å²) in [5, 5.41) is 4.63. The van der Waals surface area contributed by atoms with Gasteiger partial charge in [0.2, 0.25) is 0 Å².